The molecule has 0 fully saturated rings. The van der Waals surface area contributed by atoms with Crippen molar-refractivity contribution in [3.05, 3.63) is 66.0 Å². The predicted molar refractivity (Wildman–Crippen MR) is 89.6 cm³/mol. The lowest BCUT2D eigenvalue weighted by Crippen LogP contribution is -2.19. The molecule has 5 heteroatoms. The van der Waals surface area contributed by atoms with Crippen molar-refractivity contribution < 1.29 is 0 Å². The Morgan fingerprint density at radius 1 is 1.29 bits per heavy atom. The molecule has 0 bridgehead atoms. The van der Waals surface area contributed by atoms with E-state index in [-0.39, 0.29) is 0 Å². The summed E-state index contributed by atoms with van der Waals surface area (Å²) >= 11 is 5.03. The summed E-state index contributed by atoms with van der Waals surface area (Å²) in [6, 6.07) is 14.1. The molecule has 3 rings (SSSR count). The minimum absolute atomic E-state index is 0.427. The van der Waals surface area contributed by atoms with E-state index in [9.17, 15) is 0 Å². The van der Waals surface area contributed by atoms with Crippen LogP contribution in [0, 0.1) is 0 Å². The van der Waals surface area contributed by atoms with Gasteiger partial charge in [-0.3, -0.25) is 4.40 Å². The van der Waals surface area contributed by atoms with Crippen LogP contribution in [-0.2, 0) is 6.54 Å². The average molecular weight is 296 g/mol. The van der Waals surface area contributed by atoms with Gasteiger partial charge in [0.15, 0.2) is 0 Å². The summed E-state index contributed by atoms with van der Waals surface area (Å²) in [5.74, 6) is 1.09. The van der Waals surface area contributed by atoms with Crippen LogP contribution in [0.25, 0.3) is 5.65 Å². The van der Waals surface area contributed by atoms with Crippen LogP contribution in [0.3, 0.4) is 0 Å². The maximum Gasteiger partial charge on any atom is 0.138 e. The molecule has 0 radical (unpaired) electrons. The molecule has 0 amide bonds. The van der Waals surface area contributed by atoms with Crippen LogP contribution in [-0.4, -0.2) is 21.4 Å². The molecule has 4 nitrogen and oxygen atoms in total. The quantitative estimate of drug-likeness (QED) is 0.752. The van der Waals surface area contributed by atoms with Gasteiger partial charge < -0.3 is 10.6 Å². The number of fused-ring (bicyclic) bond motifs is 1. The number of nitrogens with two attached hydrogens (primary N) is 1. The SMILES string of the molecule is CN(Cc1cccc(C(N)=S)c1)c1cccc2nccn12. The van der Waals surface area contributed by atoms with Gasteiger partial charge in [-0.15, -0.1) is 0 Å². The largest absolute Gasteiger partial charge is 0.389 e. The molecule has 0 spiro atoms. The third-order valence-electron chi connectivity index (χ3n) is 3.43. The summed E-state index contributed by atoms with van der Waals surface area (Å²) in [6.45, 7) is 0.772. The number of rotatable bonds is 4. The van der Waals surface area contributed by atoms with Gasteiger partial charge in [0.25, 0.3) is 0 Å². The van der Waals surface area contributed by atoms with Gasteiger partial charge in [-0.25, -0.2) is 4.98 Å². The van der Waals surface area contributed by atoms with Crippen molar-refractivity contribution in [3.63, 3.8) is 0 Å². The van der Waals surface area contributed by atoms with Gasteiger partial charge in [-0.2, -0.15) is 0 Å². The molecule has 106 valence electrons. The minimum Gasteiger partial charge on any atom is -0.389 e. The first-order chi connectivity index (χ1) is 10.1. The second kappa shape index (κ2) is 5.54. The van der Waals surface area contributed by atoms with Crippen LogP contribution >= 0.6 is 12.2 Å². The van der Waals surface area contributed by atoms with Crippen LogP contribution in [0.5, 0.6) is 0 Å². The fraction of sp³-hybridized carbons (Fsp3) is 0.125. The lowest BCUT2D eigenvalue weighted by Gasteiger charge is -2.21. The summed E-state index contributed by atoms with van der Waals surface area (Å²) < 4.78 is 2.07. The van der Waals surface area contributed by atoms with Crippen molar-refractivity contribution in [1.82, 2.24) is 9.38 Å². The Balaban J connectivity index is 1.89. The molecule has 3 aromatic rings. The zero-order valence-electron chi connectivity index (χ0n) is 11.7. The van der Waals surface area contributed by atoms with Crippen LogP contribution in [0.2, 0.25) is 0 Å². The van der Waals surface area contributed by atoms with Crippen LogP contribution in [0.15, 0.2) is 54.9 Å². The summed E-state index contributed by atoms with van der Waals surface area (Å²) in [5.41, 5.74) is 8.70. The number of hydrogen-bond donors (Lipinski definition) is 1. The van der Waals surface area contributed by atoms with Gasteiger partial charge in [0, 0.05) is 31.5 Å². The van der Waals surface area contributed by atoms with E-state index in [1.165, 1.54) is 5.56 Å². The van der Waals surface area contributed by atoms with Gasteiger partial charge in [-0.1, -0.05) is 36.5 Å². The number of imidazole rings is 1. The van der Waals surface area contributed by atoms with Crippen LogP contribution in [0.4, 0.5) is 5.82 Å². The molecule has 1 aromatic carbocycles. The number of nitrogens with zero attached hydrogens (tertiary/aromatic N) is 3. The standard InChI is InChI=1S/C16H16N4S/c1-19(11-12-4-2-5-13(10-12)16(17)21)15-7-3-6-14-18-8-9-20(14)15/h2-10H,11H2,1H3,(H2,17,21). The highest BCUT2D eigenvalue weighted by Gasteiger charge is 2.07. The first kappa shape index (κ1) is 13.6. The molecular weight excluding hydrogens is 280 g/mol. The van der Waals surface area contributed by atoms with Gasteiger partial charge in [0.2, 0.25) is 0 Å². The topological polar surface area (TPSA) is 46.6 Å². The third kappa shape index (κ3) is 2.73. The van der Waals surface area contributed by atoms with Crippen molar-refractivity contribution in [1.29, 1.82) is 0 Å². The zero-order valence-corrected chi connectivity index (χ0v) is 12.5. The molecule has 0 saturated heterocycles. The fourth-order valence-electron chi connectivity index (χ4n) is 2.42. The van der Waals surface area contributed by atoms with E-state index in [0.29, 0.717) is 4.99 Å². The Hall–Kier alpha value is -2.40. The smallest absolute Gasteiger partial charge is 0.138 e. The summed E-state index contributed by atoms with van der Waals surface area (Å²) in [7, 11) is 2.06. The van der Waals surface area contributed by atoms with Gasteiger partial charge >= 0.3 is 0 Å². The normalized spacial score (nSPS) is 10.7. The van der Waals surface area contributed by atoms with Crippen LogP contribution in [0.1, 0.15) is 11.1 Å². The first-order valence-corrected chi connectivity index (χ1v) is 7.08. The number of anilines is 1. The Bertz CT molecular complexity index is 794. The van der Waals surface area contributed by atoms with Gasteiger partial charge in [0.05, 0.1) is 0 Å². The Morgan fingerprint density at radius 2 is 2.10 bits per heavy atom. The molecule has 0 aliphatic heterocycles. The summed E-state index contributed by atoms with van der Waals surface area (Å²) in [5, 5.41) is 0. The van der Waals surface area contributed by atoms with E-state index in [1.54, 1.807) is 6.20 Å². The van der Waals surface area contributed by atoms with Crippen molar-refractivity contribution in [2.24, 2.45) is 5.73 Å². The van der Waals surface area contributed by atoms with Gasteiger partial charge in [-0.05, 0) is 23.8 Å². The van der Waals surface area contributed by atoms with E-state index in [2.05, 4.69) is 33.5 Å². The Labute approximate surface area is 128 Å². The van der Waals surface area contributed by atoms with E-state index in [4.69, 9.17) is 18.0 Å². The minimum atomic E-state index is 0.427. The third-order valence-corrected chi connectivity index (χ3v) is 3.66. The number of hydrogen-bond acceptors (Lipinski definition) is 3. The molecular formula is C16H16N4S. The lowest BCUT2D eigenvalue weighted by molar-refractivity contribution is 0.883. The molecule has 0 aliphatic carbocycles. The number of aromatic nitrogens is 2. The molecule has 2 aromatic heterocycles. The second-order valence-electron chi connectivity index (χ2n) is 4.96. The summed E-state index contributed by atoms with van der Waals surface area (Å²) in [4.78, 5) is 6.91. The molecule has 2 heterocycles. The van der Waals surface area contributed by atoms with Crippen molar-refractivity contribution in [3.8, 4) is 0 Å². The molecule has 0 aliphatic rings. The highest BCUT2D eigenvalue weighted by Crippen LogP contribution is 2.18. The van der Waals surface area contributed by atoms with Crippen molar-refractivity contribution >= 4 is 28.7 Å². The van der Waals surface area contributed by atoms with Gasteiger partial charge in [0.1, 0.15) is 16.5 Å². The zero-order chi connectivity index (χ0) is 14.8. The molecule has 21 heavy (non-hydrogen) atoms. The molecule has 2 N–H and O–H groups in total. The predicted octanol–water partition coefficient (Wildman–Crippen LogP) is 2.60. The number of benzene rings is 1. The number of pyridine rings is 1. The van der Waals surface area contributed by atoms with E-state index in [1.807, 2.05) is 36.5 Å². The molecule has 0 unspecified atom stereocenters. The Morgan fingerprint density at radius 3 is 2.90 bits per heavy atom. The molecule has 0 saturated carbocycles. The fourth-order valence-corrected chi connectivity index (χ4v) is 2.55. The van der Waals surface area contributed by atoms with E-state index < -0.39 is 0 Å². The van der Waals surface area contributed by atoms with Crippen molar-refractivity contribution in [2.75, 3.05) is 11.9 Å². The van der Waals surface area contributed by atoms with Crippen LogP contribution < -0.4 is 10.6 Å². The highest BCUT2D eigenvalue weighted by molar-refractivity contribution is 7.80. The maximum atomic E-state index is 5.69. The van der Waals surface area contributed by atoms with E-state index in [0.717, 1.165) is 23.6 Å². The first-order valence-electron chi connectivity index (χ1n) is 6.67. The highest BCUT2D eigenvalue weighted by atomic mass is 32.1. The number of thiocarbonyl (C=S) groups is 1. The maximum absolute atomic E-state index is 5.69. The Kier molecular flexibility index (Phi) is 3.58. The molecule has 0 atom stereocenters. The average Bonchev–Trinajstić information content (AvgIpc) is 2.95. The lowest BCUT2D eigenvalue weighted by atomic mass is 10.1. The van der Waals surface area contributed by atoms with E-state index >= 15 is 0 Å². The van der Waals surface area contributed by atoms with Crippen molar-refractivity contribution in [2.45, 2.75) is 6.54 Å². The second-order valence-corrected chi connectivity index (χ2v) is 5.40. The monoisotopic (exact) mass is 296 g/mol. The summed E-state index contributed by atoms with van der Waals surface area (Å²) in [6.07, 6.45) is 3.77.